The number of allylic oxidation sites excluding steroid dienone is 2. The van der Waals surface area contributed by atoms with Gasteiger partial charge in [-0.05, 0) is 31.2 Å². The maximum absolute atomic E-state index is 12.9. The van der Waals surface area contributed by atoms with Crippen LogP contribution >= 0.6 is 0 Å². The summed E-state index contributed by atoms with van der Waals surface area (Å²) >= 11 is 0. The van der Waals surface area contributed by atoms with Crippen LogP contribution in [0.4, 0.5) is 11.5 Å². The van der Waals surface area contributed by atoms with E-state index in [0.29, 0.717) is 16.8 Å². The quantitative estimate of drug-likeness (QED) is 0.523. The highest BCUT2D eigenvalue weighted by molar-refractivity contribution is 7.92. The molecule has 34 heavy (non-hydrogen) atoms. The summed E-state index contributed by atoms with van der Waals surface area (Å²) in [4.78, 5) is 33.4. The molecule has 0 saturated heterocycles. The molecule has 4 rings (SSSR count). The molecule has 0 aliphatic heterocycles. The normalized spacial score (nSPS) is 13.4. The van der Waals surface area contributed by atoms with Crippen molar-refractivity contribution in [3.8, 4) is 11.9 Å². The van der Waals surface area contributed by atoms with E-state index in [4.69, 9.17) is 9.47 Å². The third kappa shape index (κ3) is 4.33. The van der Waals surface area contributed by atoms with Crippen LogP contribution in [0.3, 0.4) is 0 Å². The van der Waals surface area contributed by atoms with Crippen LogP contribution in [0.2, 0.25) is 0 Å². The summed E-state index contributed by atoms with van der Waals surface area (Å²) in [6.07, 6.45) is 0. The van der Waals surface area contributed by atoms with Gasteiger partial charge < -0.3 is 14.8 Å². The Kier molecular flexibility index (Phi) is 6.03. The van der Waals surface area contributed by atoms with E-state index in [-0.39, 0.29) is 45.4 Å². The van der Waals surface area contributed by atoms with Crippen LogP contribution in [0.25, 0.3) is 0 Å². The van der Waals surface area contributed by atoms with Gasteiger partial charge in [0.1, 0.15) is 0 Å². The van der Waals surface area contributed by atoms with Crippen LogP contribution in [-0.4, -0.2) is 44.2 Å². The lowest BCUT2D eigenvalue weighted by molar-refractivity contribution is 0.0976. The minimum atomic E-state index is -4.00. The average Bonchev–Trinajstić information content (AvgIpc) is 2.85. The molecule has 174 valence electrons. The van der Waals surface area contributed by atoms with Gasteiger partial charge in [0, 0.05) is 28.5 Å². The topological polar surface area (TPSA) is 137 Å². The molecule has 0 saturated carbocycles. The molecule has 10 nitrogen and oxygen atoms in total. The van der Waals surface area contributed by atoms with E-state index in [9.17, 15) is 18.0 Å². The fraction of sp³-hybridized carbons (Fsp3) is 0.130. The first-order valence-electron chi connectivity index (χ1n) is 10.00. The Bertz CT molecular complexity index is 1410. The van der Waals surface area contributed by atoms with Crippen molar-refractivity contribution in [2.75, 3.05) is 24.3 Å². The predicted octanol–water partition coefficient (Wildman–Crippen LogP) is 3.06. The van der Waals surface area contributed by atoms with Gasteiger partial charge in [0.2, 0.25) is 11.7 Å². The first kappa shape index (κ1) is 22.9. The van der Waals surface area contributed by atoms with Gasteiger partial charge in [-0.3, -0.25) is 14.3 Å². The summed E-state index contributed by atoms with van der Waals surface area (Å²) in [6, 6.07) is 13.6. The van der Waals surface area contributed by atoms with E-state index < -0.39 is 10.0 Å². The molecule has 0 amide bonds. The summed E-state index contributed by atoms with van der Waals surface area (Å²) in [5.74, 6) is -0.452. The van der Waals surface area contributed by atoms with Gasteiger partial charge in [-0.1, -0.05) is 24.3 Å². The zero-order chi connectivity index (χ0) is 24.5. The molecule has 1 heterocycles. The number of ether oxygens (including phenoxy) is 2. The number of nitrogens with zero attached hydrogens (tertiary/aromatic N) is 2. The summed E-state index contributed by atoms with van der Waals surface area (Å²) < 4.78 is 37.9. The molecule has 11 heteroatoms. The van der Waals surface area contributed by atoms with Gasteiger partial charge in [0.05, 0.1) is 24.8 Å². The van der Waals surface area contributed by atoms with Crippen molar-refractivity contribution in [3.63, 3.8) is 0 Å². The van der Waals surface area contributed by atoms with E-state index in [2.05, 4.69) is 20.0 Å². The molecular formula is C23H20N4O6S. The number of carbonyl (C=O) groups excluding carboxylic acids is 2. The van der Waals surface area contributed by atoms with Gasteiger partial charge >= 0.3 is 6.01 Å². The van der Waals surface area contributed by atoms with Gasteiger partial charge in [-0.25, -0.2) is 8.42 Å². The van der Waals surface area contributed by atoms with E-state index >= 15 is 0 Å². The van der Waals surface area contributed by atoms with Crippen LogP contribution in [0, 0.1) is 0 Å². The Morgan fingerprint density at radius 1 is 0.853 bits per heavy atom. The number of anilines is 2. The highest BCUT2D eigenvalue weighted by atomic mass is 32.2. The fourth-order valence-electron chi connectivity index (χ4n) is 3.36. The number of fused-ring (bicyclic) bond motifs is 1. The van der Waals surface area contributed by atoms with Crippen LogP contribution in [0.15, 0.2) is 70.8 Å². The molecule has 2 aromatic carbocycles. The highest BCUT2D eigenvalue weighted by Gasteiger charge is 2.29. The largest absolute Gasteiger partial charge is 0.481 e. The standard InChI is InChI=1S/C23H20N4O6S/c1-13-20(22(29)17-7-5-4-6-16(17)21(13)28)24-14-8-10-15(11-9-14)34(30,31)27-18-12-19(32-2)26-23(25-18)33-3/h4-12,24H,1-3H3,(H,25,26,27). The second-order valence-electron chi connectivity index (χ2n) is 7.24. The molecule has 0 atom stereocenters. The van der Waals surface area contributed by atoms with Crippen LogP contribution in [-0.2, 0) is 10.0 Å². The van der Waals surface area contributed by atoms with E-state index in [1.54, 1.807) is 31.2 Å². The number of carbonyl (C=O) groups is 2. The monoisotopic (exact) mass is 480 g/mol. The van der Waals surface area contributed by atoms with E-state index in [1.165, 1.54) is 44.6 Å². The molecule has 1 aliphatic carbocycles. The number of hydrogen-bond donors (Lipinski definition) is 2. The molecule has 1 aliphatic rings. The Morgan fingerprint density at radius 3 is 2.12 bits per heavy atom. The summed E-state index contributed by atoms with van der Waals surface area (Å²) in [7, 11) is -1.27. The van der Waals surface area contributed by atoms with E-state index in [0.717, 1.165) is 0 Å². The number of methoxy groups -OCH3 is 2. The zero-order valence-electron chi connectivity index (χ0n) is 18.4. The maximum Gasteiger partial charge on any atom is 0.321 e. The smallest absolute Gasteiger partial charge is 0.321 e. The Hall–Kier alpha value is -4.25. The Labute approximate surface area is 195 Å². The molecule has 0 spiro atoms. The zero-order valence-corrected chi connectivity index (χ0v) is 19.3. The van der Waals surface area contributed by atoms with Crippen molar-refractivity contribution in [1.82, 2.24) is 9.97 Å². The SMILES string of the molecule is COc1cc(NS(=O)(=O)c2ccc(NC3=C(C)C(=O)c4ccccc4C3=O)cc2)nc(OC)n1. The van der Waals surface area contributed by atoms with Gasteiger partial charge in [-0.2, -0.15) is 9.97 Å². The first-order chi connectivity index (χ1) is 16.2. The van der Waals surface area contributed by atoms with Crippen molar-refractivity contribution in [2.45, 2.75) is 11.8 Å². The van der Waals surface area contributed by atoms with Crippen molar-refractivity contribution in [1.29, 1.82) is 0 Å². The second-order valence-corrected chi connectivity index (χ2v) is 8.92. The molecule has 2 N–H and O–H groups in total. The number of rotatable bonds is 7. The van der Waals surface area contributed by atoms with Gasteiger partial charge in [0.25, 0.3) is 10.0 Å². The molecule has 0 fully saturated rings. The van der Waals surface area contributed by atoms with Crippen LogP contribution < -0.4 is 19.5 Å². The van der Waals surface area contributed by atoms with Crippen molar-refractivity contribution < 1.29 is 27.5 Å². The lowest BCUT2D eigenvalue weighted by atomic mass is 9.88. The summed E-state index contributed by atoms with van der Waals surface area (Å²) in [5, 5.41) is 2.95. The molecule has 0 unspecified atom stereocenters. The number of aromatic nitrogens is 2. The van der Waals surface area contributed by atoms with Crippen molar-refractivity contribution in [2.24, 2.45) is 0 Å². The van der Waals surface area contributed by atoms with Crippen molar-refractivity contribution >= 4 is 33.1 Å². The Balaban J connectivity index is 1.56. The first-order valence-corrected chi connectivity index (χ1v) is 11.5. The lowest BCUT2D eigenvalue weighted by Gasteiger charge is -2.20. The maximum atomic E-state index is 12.9. The number of sulfonamides is 1. The summed E-state index contributed by atoms with van der Waals surface area (Å²) in [6.45, 7) is 1.57. The minimum Gasteiger partial charge on any atom is -0.481 e. The number of ketones is 2. The molecule has 0 radical (unpaired) electrons. The van der Waals surface area contributed by atoms with Crippen LogP contribution in [0.1, 0.15) is 27.6 Å². The summed E-state index contributed by atoms with van der Waals surface area (Å²) in [5.41, 5.74) is 1.56. The highest BCUT2D eigenvalue weighted by Crippen LogP contribution is 2.28. The molecule has 0 bridgehead atoms. The van der Waals surface area contributed by atoms with Gasteiger partial charge in [0.15, 0.2) is 11.6 Å². The number of Topliss-reactive ketones (excluding diaryl/α,β-unsaturated/α-hetero) is 2. The molecular weight excluding hydrogens is 460 g/mol. The van der Waals surface area contributed by atoms with Crippen molar-refractivity contribution in [3.05, 3.63) is 77.0 Å². The third-order valence-corrected chi connectivity index (χ3v) is 6.48. The molecule has 1 aromatic heterocycles. The number of hydrogen-bond acceptors (Lipinski definition) is 9. The Morgan fingerprint density at radius 2 is 1.50 bits per heavy atom. The van der Waals surface area contributed by atoms with E-state index in [1.807, 2.05) is 0 Å². The van der Waals surface area contributed by atoms with Gasteiger partial charge in [-0.15, -0.1) is 0 Å². The minimum absolute atomic E-state index is 0.0309. The third-order valence-electron chi connectivity index (χ3n) is 5.11. The number of benzene rings is 2. The second kappa shape index (κ2) is 8.94. The molecule has 3 aromatic rings. The lowest BCUT2D eigenvalue weighted by Crippen LogP contribution is -2.25. The number of nitrogens with one attached hydrogen (secondary N) is 2. The average molecular weight is 481 g/mol. The predicted molar refractivity (Wildman–Crippen MR) is 124 cm³/mol. The van der Waals surface area contributed by atoms with Crippen LogP contribution in [0.5, 0.6) is 11.9 Å². The fourth-order valence-corrected chi connectivity index (χ4v) is 4.35.